The van der Waals surface area contributed by atoms with Crippen LogP contribution in [0.3, 0.4) is 0 Å². The molecule has 21 heteroatoms. The lowest BCUT2D eigenvalue weighted by molar-refractivity contribution is -0.144. The van der Waals surface area contributed by atoms with Gasteiger partial charge in [-0.05, 0) is 68.6 Å². The normalized spacial score (nSPS) is 13.3. The van der Waals surface area contributed by atoms with E-state index in [2.05, 4.69) is 27.9 Å². The van der Waals surface area contributed by atoms with Crippen LogP contribution in [0.1, 0.15) is 123 Å². The smallest absolute Gasteiger partial charge is 0.306 e. The Labute approximate surface area is 418 Å². The van der Waals surface area contributed by atoms with E-state index in [1.165, 1.54) is 12.1 Å². The zero-order valence-electron chi connectivity index (χ0n) is 42.3. The summed E-state index contributed by atoms with van der Waals surface area (Å²) in [5, 5.41) is 27.6. The number of unbranched alkanes of at least 4 members (excludes halogenated alkanes) is 4. The average molecular weight is 1010 g/mol. The number of carboxylic acids is 1. The lowest BCUT2D eigenvalue weighted by Gasteiger charge is -2.25. The van der Waals surface area contributed by atoms with Crippen molar-refractivity contribution in [2.24, 2.45) is 39.9 Å². The summed E-state index contributed by atoms with van der Waals surface area (Å²) in [6.07, 6.45) is 6.84. The minimum Gasteiger partial charge on any atom is -0.508 e. The van der Waals surface area contributed by atoms with Crippen molar-refractivity contribution in [3.8, 4) is 5.75 Å². The summed E-state index contributed by atoms with van der Waals surface area (Å²) in [6.45, 7) is 6.84. The molecule has 0 aliphatic carbocycles. The zero-order valence-corrected chi connectivity index (χ0v) is 42.3. The molecule has 0 heterocycles. The molecule has 1 rings (SSSR count). The summed E-state index contributed by atoms with van der Waals surface area (Å²) >= 11 is 0. The summed E-state index contributed by atoms with van der Waals surface area (Å²) in [5.74, 6) is -5.34. The van der Waals surface area contributed by atoms with Crippen molar-refractivity contribution in [1.29, 1.82) is 0 Å². The molecule has 0 aromatic heterocycles. The Kier molecular flexibility index (Phi) is 35.2. The SMILES string of the molecule is CCCCCCC(=O)C[C@@H](CCC(=O)NCCOCCOCC(=O)CCCOCCOCC(=O)N[C@H](C(=O)CN[C@@H](CCCCN=C(N)N)C(=O)C[C@@H](Cc1ccc(O)cc1)C(N)=O)[C@@H](C)CC)C(=O)O. The molecule has 0 aliphatic rings. The van der Waals surface area contributed by atoms with Crippen molar-refractivity contribution >= 4 is 52.8 Å². The Morgan fingerprint density at radius 3 is 1.99 bits per heavy atom. The van der Waals surface area contributed by atoms with Crippen molar-refractivity contribution in [2.45, 2.75) is 136 Å². The van der Waals surface area contributed by atoms with E-state index in [1.807, 2.05) is 13.8 Å². The van der Waals surface area contributed by atoms with Crippen molar-refractivity contribution in [1.82, 2.24) is 16.0 Å². The summed E-state index contributed by atoms with van der Waals surface area (Å²) in [5.41, 5.74) is 17.3. The highest BCUT2D eigenvalue weighted by molar-refractivity contribution is 5.93. The second-order valence-electron chi connectivity index (χ2n) is 17.7. The topological polar surface area (TPSA) is 340 Å². The maximum atomic E-state index is 13.6. The number of nitrogens with two attached hydrogens (primary N) is 3. The molecule has 0 aliphatic heterocycles. The Balaban J connectivity index is 2.36. The Morgan fingerprint density at radius 2 is 1.34 bits per heavy atom. The number of guanidine groups is 1. The third kappa shape index (κ3) is 32.3. The van der Waals surface area contributed by atoms with Gasteiger partial charge in [0.25, 0.3) is 0 Å². The number of aliphatic carboxylic acids is 1. The van der Waals surface area contributed by atoms with Crippen LogP contribution in [0.5, 0.6) is 5.75 Å². The number of hydrogen-bond acceptors (Lipinski definition) is 15. The summed E-state index contributed by atoms with van der Waals surface area (Å²) < 4.78 is 21.8. The first-order valence-corrected chi connectivity index (χ1v) is 25.0. The first kappa shape index (κ1) is 63.7. The maximum absolute atomic E-state index is 13.6. The number of carbonyl (C=O) groups is 8. The van der Waals surface area contributed by atoms with Crippen LogP contribution < -0.4 is 33.2 Å². The van der Waals surface area contributed by atoms with Crippen molar-refractivity contribution in [3.63, 3.8) is 0 Å². The Bertz CT molecular complexity index is 1780. The predicted octanol–water partition coefficient (Wildman–Crippen LogP) is 2.44. The van der Waals surface area contributed by atoms with Crippen LogP contribution in [0.4, 0.5) is 0 Å². The monoisotopic (exact) mass is 1010 g/mol. The van der Waals surface area contributed by atoms with Crippen LogP contribution in [0, 0.1) is 17.8 Å². The molecule has 0 fully saturated rings. The summed E-state index contributed by atoms with van der Waals surface area (Å²) in [7, 11) is 0. The molecule has 0 unspecified atom stereocenters. The second-order valence-corrected chi connectivity index (χ2v) is 17.7. The number of primary amides is 1. The van der Waals surface area contributed by atoms with Gasteiger partial charge in [-0.25, -0.2) is 0 Å². The minimum atomic E-state index is -1.08. The predicted molar refractivity (Wildman–Crippen MR) is 266 cm³/mol. The number of phenols is 1. The number of benzene rings is 1. The van der Waals surface area contributed by atoms with Crippen molar-refractivity contribution in [2.75, 3.05) is 72.5 Å². The molecule has 5 atom stereocenters. The number of ketones is 4. The van der Waals surface area contributed by atoms with E-state index in [0.717, 1.165) is 31.2 Å². The number of aliphatic imine (C=N–C) groups is 1. The van der Waals surface area contributed by atoms with Crippen LogP contribution in [0.25, 0.3) is 0 Å². The lowest BCUT2D eigenvalue weighted by atomic mass is 9.90. The van der Waals surface area contributed by atoms with Gasteiger partial charge in [-0.1, -0.05) is 58.6 Å². The van der Waals surface area contributed by atoms with Gasteiger partial charge in [-0.2, -0.15) is 0 Å². The number of rotatable bonds is 46. The molecule has 11 N–H and O–H groups in total. The van der Waals surface area contributed by atoms with E-state index in [0.29, 0.717) is 45.1 Å². The number of carbonyl (C=O) groups excluding carboxylic acids is 7. The fraction of sp³-hybridized carbons (Fsp3) is 0.700. The van der Waals surface area contributed by atoms with Gasteiger partial charge in [0, 0.05) is 57.7 Å². The average Bonchev–Trinajstić information content (AvgIpc) is 3.33. The number of hydrogen-bond donors (Lipinski definition) is 8. The molecule has 3 amide bonds. The van der Waals surface area contributed by atoms with Gasteiger partial charge in [0.15, 0.2) is 23.3 Å². The minimum absolute atomic E-state index is 0.00938. The van der Waals surface area contributed by atoms with Crippen LogP contribution in [-0.4, -0.2) is 148 Å². The van der Waals surface area contributed by atoms with Gasteiger partial charge in [0.05, 0.1) is 57.6 Å². The number of Topliss-reactive ketones (excluding diaryl/α,β-unsaturated/α-hetero) is 4. The highest BCUT2D eigenvalue weighted by atomic mass is 16.5. The van der Waals surface area contributed by atoms with Crippen molar-refractivity contribution in [3.05, 3.63) is 29.8 Å². The van der Waals surface area contributed by atoms with Crippen LogP contribution in [-0.2, 0) is 63.7 Å². The molecule has 0 saturated heterocycles. The molecule has 1 aromatic carbocycles. The van der Waals surface area contributed by atoms with Gasteiger partial charge >= 0.3 is 5.97 Å². The summed E-state index contributed by atoms with van der Waals surface area (Å²) in [6, 6.07) is 4.60. The van der Waals surface area contributed by atoms with Gasteiger partial charge in [-0.3, -0.25) is 43.3 Å². The van der Waals surface area contributed by atoms with Gasteiger partial charge in [-0.15, -0.1) is 0 Å². The third-order valence-corrected chi connectivity index (χ3v) is 11.7. The van der Waals surface area contributed by atoms with E-state index < -0.39 is 41.7 Å². The number of ether oxygens (including phenoxy) is 4. The Hall–Kier alpha value is -5.35. The third-order valence-electron chi connectivity index (χ3n) is 11.7. The molecule has 1 aromatic rings. The molecule has 21 nitrogen and oxygen atoms in total. The molecule has 0 bridgehead atoms. The molecular formula is C50H83N7O14. The second kappa shape index (κ2) is 39.3. The number of aromatic hydroxyl groups is 1. The fourth-order valence-electron chi connectivity index (χ4n) is 7.27. The zero-order chi connectivity index (χ0) is 52.8. The highest BCUT2D eigenvalue weighted by Gasteiger charge is 2.29. The van der Waals surface area contributed by atoms with Crippen molar-refractivity contribution < 1.29 is 67.5 Å². The molecule has 0 radical (unpaired) electrons. The van der Waals surface area contributed by atoms with Gasteiger partial charge in [0.1, 0.15) is 24.7 Å². The van der Waals surface area contributed by atoms with E-state index >= 15 is 0 Å². The first-order valence-electron chi connectivity index (χ1n) is 25.0. The molecular weight excluding hydrogens is 923 g/mol. The number of nitrogens with one attached hydrogen (secondary N) is 3. The summed E-state index contributed by atoms with van der Waals surface area (Å²) in [4.78, 5) is 104. The van der Waals surface area contributed by atoms with Crippen LogP contribution in [0.2, 0.25) is 0 Å². The van der Waals surface area contributed by atoms with E-state index in [4.69, 9.17) is 36.1 Å². The number of amides is 3. The maximum Gasteiger partial charge on any atom is 0.306 e. The molecule has 402 valence electrons. The molecule has 0 saturated carbocycles. The van der Waals surface area contributed by atoms with Gasteiger partial charge in [0.2, 0.25) is 17.7 Å². The largest absolute Gasteiger partial charge is 0.508 e. The van der Waals surface area contributed by atoms with E-state index in [-0.39, 0.29) is 151 Å². The highest BCUT2D eigenvalue weighted by Crippen LogP contribution is 2.19. The lowest BCUT2D eigenvalue weighted by Crippen LogP contribution is -2.51. The first-order chi connectivity index (χ1) is 34.0. The number of carboxylic acid groups (broad SMARTS) is 1. The van der Waals surface area contributed by atoms with E-state index in [9.17, 15) is 48.6 Å². The van der Waals surface area contributed by atoms with Crippen LogP contribution >= 0.6 is 0 Å². The number of phenolic OH excluding ortho intramolecular Hbond substituents is 1. The van der Waals surface area contributed by atoms with Gasteiger partial charge < -0.3 is 62.3 Å². The fourth-order valence-corrected chi connectivity index (χ4v) is 7.27. The standard InChI is InChI=1S/C50H83N7O14/c1-4-6-7-8-12-40(59)30-37(49(66)67)17-20-45(63)54-22-24-69-26-27-70-33-41(60)13-11-23-68-25-28-71-34-46(64)57-47(35(3)5-2)44(62)32-56-42(14-9-10-21-55-50(52)53)43(61)31-38(48(51)65)29-36-15-18-39(58)19-16-36/h15-16,18-19,35,37-38,42,47,56,58H,4-14,17,20-34H2,1-3H3,(H2,51,65)(H,54,63)(H,57,64)(H,66,67)(H4,52,53,55)/t35-,37+,38+,42-,47-/m0/s1. The van der Waals surface area contributed by atoms with Crippen LogP contribution in [0.15, 0.2) is 29.3 Å². The van der Waals surface area contributed by atoms with E-state index in [1.54, 1.807) is 12.1 Å². The quantitative estimate of drug-likeness (QED) is 0.0264. The molecule has 71 heavy (non-hydrogen) atoms. The number of nitrogens with zero attached hydrogens (tertiary/aromatic N) is 1. The molecule has 0 spiro atoms. The Morgan fingerprint density at radius 1 is 0.676 bits per heavy atom.